The Morgan fingerprint density at radius 2 is 1.77 bits per heavy atom. The largest absolute Gasteiger partial charge is 0.350 e. The molecule has 1 fully saturated rings. The van der Waals surface area contributed by atoms with Gasteiger partial charge in [0.15, 0.2) is 11.6 Å². The molecule has 1 heterocycles. The van der Waals surface area contributed by atoms with Gasteiger partial charge in [-0.1, -0.05) is 19.9 Å². The lowest BCUT2D eigenvalue weighted by atomic mass is 10.1. The highest BCUT2D eigenvalue weighted by Crippen LogP contribution is 2.29. The van der Waals surface area contributed by atoms with Crippen LogP contribution in [-0.4, -0.2) is 29.9 Å². The molecule has 0 atom stereocenters. The lowest BCUT2D eigenvalue weighted by Crippen LogP contribution is -2.57. The third-order valence-corrected chi connectivity index (χ3v) is 3.91. The van der Waals surface area contributed by atoms with Crippen molar-refractivity contribution in [1.82, 2.24) is 4.90 Å². The lowest BCUT2D eigenvalue weighted by Gasteiger charge is -2.37. The molecule has 0 saturated carbocycles. The number of hydrogen-bond donors (Lipinski definition) is 2. The zero-order valence-electron chi connectivity index (χ0n) is 14.9. The van der Waals surface area contributed by atoms with Gasteiger partial charge in [-0.05, 0) is 36.8 Å². The van der Waals surface area contributed by atoms with Crippen LogP contribution in [0.4, 0.5) is 24.5 Å². The Morgan fingerprint density at radius 3 is 2.35 bits per heavy atom. The van der Waals surface area contributed by atoms with Crippen LogP contribution >= 0.6 is 0 Å². The summed E-state index contributed by atoms with van der Waals surface area (Å²) in [5.41, 5.74) is 5.83. The van der Waals surface area contributed by atoms with Crippen LogP contribution in [0.3, 0.4) is 0 Å². The summed E-state index contributed by atoms with van der Waals surface area (Å²) in [7, 11) is 0. The monoisotopic (exact) mass is 365 g/mol. The van der Waals surface area contributed by atoms with E-state index in [0.29, 0.717) is 18.7 Å². The number of rotatable bonds is 3. The predicted octanol–water partition coefficient (Wildman–Crippen LogP) is 3.97. The molecule has 26 heavy (non-hydrogen) atoms. The number of halogens is 3. The van der Waals surface area contributed by atoms with Gasteiger partial charge in [-0.25, -0.2) is 13.2 Å². The maximum Gasteiger partial charge on any atom is 0.256 e. The predicted molar refractivity (Wildman–Crippen MR) is 96.0 cm³/mol. The first-order chi connectivity index (χ1) is 12.4. The van der Waals surface area contributed by atoms with Gasteiger partial charge in [-0.15, -0.1) is 0 Å². The minimum absolute atomic E-state index is 0.0422. The van der Waals surface area contributed by atoms with Crippen LogP contribution in [-0.2, 0) is 0 Å². The zero-order valence-corrected chi connectivity index (χ0v) is 14.9. The van der Waals surface area contributed by atoms with E-state index >= 15 is 0 Å². The van der Waals surface area contributed by atoms with E-state index in [-0.39, 0.29) is 23.0 Å². The van der Waals surface area contributed by atoms with Crippen LogP contribution in [0.25, 0.3) is 0 Å². The highest BCUT2D eigenvalue weighted by Gasteiger charge is 2.31. The number of aryl methyl sites for hydroxylation is 1. The Bertz CT molecular complexity index is 805. The number of likely N-dealkylation sites (tertiary alicyclic amines) is 1. The highest BCUT2D eigenvalue weighted by molar-refractivity contribution is 6.01. The summed E-state index contributed by atoms with van der Waals surface area (Å²) < 4.78 is 41.8. The van der Waals surface area contributed by atoms with Crippen molar-refractivity contribution in [1.29, 1.82) is 0 Å². The quantitative estimate of drug-likeness (QED) is 0.865. The number of amides is 1. The van der Waals surface area contributed by atoms with Gasteiger partial charge < -0.3 is 16.0 Å². The van der Waals surface area contributed by atoms with Crippen molar-refractivity contribution in [3.63, 3.8) is 0 Å². The number of nitrogens with one attached hydrogen (secondary N) is 1. The van der Waals surface area contributed by atoms with Crippen LogP contribution in [0.15, 0.2) is 30.3 Å². The first kappa shape index (κ1) is 19.8. The molecule has 2 aromatic rings. The molecular weight excluding hydrogens is 343 g/mol. The SMILES string of the molecule is CC.Cc1ccc(Nc2c(C(=O)N3CC(N)C3)ccc(F)c2F)c(F)c1. The Kier molecular flexibility index (Phi) is 6.26. The van der Waals surface area contributed by atoms with Crippen molar-refractivity contribution in [3.8, 4) is 0 Å². The van der Waals surface area contributed by atoms with Crippen LogP contribution in [0.5, 0.6) is 0 Å². The molecule has 0 radical (unpaired) electrons. The van der Waals surface area contributed by atoms with Crippen molar-refractivity contribution in [2.45, 2.75) is 26.8 Å². The second-order valence-electron chi connectivity index (χ2n) is 5.86. The van der Waals surface area contributed by atoms with Crippen LogP contribution in [0.1, 0.15) is 29.8 Å². The maximum absolute atomic E-state index is 14.2. The molecule has 7 heteroatoms. The summed E-state index contributed by atoms with van der Waals surface area (Å²) in [5.74, 6) is -3.46. The number of anilines is 2. The smallest absolute Gasteiger partial charge is 0.256 e. The molecule has 3 rings (SSSR count). The molecule has 1 aliphatic heterocycles. The van der Waals surface area contributed by atoms with Gasteiger partial charge in [0.2, 0.25) is 0 Å². The normalized spacial score (nSPS) is 13.6. The molecule has 140 valence electrons. The molecule has 0 bridgehead atoms. The average Bonchev–Trinajstić information content (AvgIpc) is 2.59. The van der Waals surface area contributed by atoms with Gasteiger partial charge >= 0.3 is 0 Å². The molecule has 0 unspecified atom stereocenters. The fourth-order valence-corrected chi connectivity index (χ4v) is 2.56. The van der Waals surface area contributed by atoms with E-state index in [9.17, 15) is 18.0 Å². The molecule has 0 aromatic heterocycles. The van der Waals surface area contributed by atoms with Crippen molar-refractivity contribution in [3.05, 3.63) is 58.9 Å². The van der Waals surface area contributed by atoms with Gasteiger partial charge in [0.05, 0.1) is 16.9 Å². The van der Waals surface area contributed by atoms with Crippen molar-refractivity contribution >= 4 is 17.3 Å². The molecule has 0 aliphatic carbocycles. The molecular formula is C19H22F3N3O. The van der Waals surface area contributed by atoms with Crippen molar-refractivity contribution in [2.75, 3.05) is 18.4 Å². The molecule has 1 saturated heterocycles. The number of carbonyl (C=O) groups excluding carboxylic acids is 1. The Labute approximate surface area is 150 Å². The Balaban J connectivity index is 0.00000117. The molecule has 3 N–H and O–H groups in total. The number of nitrogens with two attached hydrogens (primary N) is 1. The van der Waals surface area contributed by atoms with Crippen LogP contribution < -0.4 is 11.1 Å². The second-order valence-corrected chi connectivity index (χ2v) is 5.86. The topological polar surface area (TPSA) is 58.4 Å². The summed E-state index contributed by atoms with van der Waals surface area (Å²) in [6.45, 7) is 6.39. The van der Waals surface area contributed by atoms with Gasteiger partial charge in [0.1, 0.15) is 5.82 Å². The van der Waals surface area contributed by atoms with Gasteiger partial charge in [-0.3, -0.25) is 4.79 Å². The molecule has 4 nitrogen and oxygen atoms in total. The fourth-order valence-electron chi connectivity index (χ4n) is 2.56. The van der Waals surface area contributed by atoms with E-state index in [1.165, 1.54) is 23.1 Å². The van der Waals surface area contributed by atoms with Crippen molar-refractivity contribution < 1.29 is 18.0 Å². The van der Waals surface area contributed by atoms with E-state index in [2.05, 4.69) is 5.32 Å². The van der Waals surface area contributed by atoms with E-state index in [4.69, 9.17) is 5.73 Å². The molecule has 2 aromatic carbocycles. The Morgan fingerprint density at radius 1 is 1.12 bits per heavy atom. The summed E-state index contributed by atoms with van der Waals surface area (Å²) in [4.78, 5) is 13.9. The average molecular weight is 365 g/mol. The first-order valence-electron chi connectivity index (χ1n) is 8.43. The highest BCUT2D eigenvalue weighted by atomic mass is 19.2. The zero-order chi connectivity index (χ0) is 19.4. The lowest BCUT2D eigenvalue weighted by molar-refractivity contribution is 0.0608. The fraction of sp³-hybridized carbons (Fsp3) is 0.316. The van der Waals surface area contributed by atoms with Gasteiger partial charge in [-0.2, -0.15) is 0 Å². The summed E-state index contributed by atoms with van der Waals surface area (Å²) in [5, 5.41) is 2.50. The van der Waals surface area contributed by atoms with Gasteiger partial charge in [0.25, 0.3) is 5.91 Å². The van der Waals surface area contributed by atoms with E-state index in [0.717, 1.165) is 6.07 Å². The van der Waals surface area contributed by atoms with Crippen LogP contribution in [0.2, 0.25) is 0 Å². The first-order valence-corrected chi connectivity index (χ1v) is 8.43. The third-order valence-electron chi connectivity index (χ3n) is 3.91. The second kappa shape index (κ2) is 8.23. The van der Waals surface area contributed by atoms with E-state index < -0.39 is 23.4 Å². The Hall–Kier alpha value is -2.54. The maximum atomic E-state index is 14.2. The van der Waals surface area contributed by atoms with Gasteiger partial charge in [0, 0.05) is 19.1 Å². The number of nitrogens with zero attached hydrogens (tertiary/aromatic N) is 1. The molecule has 1 aliphatic rings. The number of hydrogen-bond acceptors (Lipinski definition) is 3. The summed E-state index contributed by atoms with van der Waals surface area (Å²) >= 11 is 0. The summed E-state index contributed by atoms with van der Waals surface area (Å²) in [6.07, 6.45) is 0. The summed E-state index contributed by atoms with van der Waals surface area (Å²) in [6, 6.07) is 6.22. The number of carbonyl (C=O) groups is 1. The van der Waals surface area contributed by atoms with E-state index in [1.54, 1.807) is 13.0 Å². The van der Waals surface area contributed by atoms with Crippen molar-refractivity contribution in [2.24, 2.45) is 5.73 Å². The standard InChI is InChI=1S/C17H16F3N3O.C2H6/c1-9-2-5-14(13(19)6-9)22-16-11(3-4-12(18)15(16)20)17(24)23-7-10(21)8-23;1-2/h2-6,10,22H,7-8,21H2,1H3;1-2H3. The van der Waals surface area contributed by atoms with E-state index in [1.807, 2.05) is 13.8 Å². The minimum Gasteiger partial charge on any atom is -0.350 e. The minimum atomic E-state index is -1.23. The number of benzene rings is 2. The molecule has 1 amide bonds. The molecule has 0 spiro atoms. The third kappa shape index (κ3) is 3.99. The van der Waals surface area contributed by atoms with Crippen LogP contribution in [0, 0.1) is 24.4 Å².